The first-order valence-electron chi connectivity index (χ1n) is 8.46. The van der Waals surface area contributed by atoms with Gasteiger partial charge < -0.3 is 9.64 Å². The summed E-state index contributed by atoms with van der Waals surface area (Å²) in [6.07, 6.45) is 0.285. The van der Waals surface area contributed by atoms with Crippen LogP contribution in [0.25, 0.3) is 0 Å². The van der Waals surface area contributed by atoms with Crippen LogP contribution in [0.15, 0.2) is 48.5 Å². The van der Waals surface area contributed by atoms with Crippen molar-refractivity contribution < 1.29 is 19.1 Å². The van der Waals surface area contributed by atoms with E-state index in [9.17, 15) is 14.4 Å². The van der Waals surface area contributed by atoms with Gasteiger partial charge in [-0.25, -0.2) is 0 Å². The van der Waals surface area contributed by atoms with E-state index in [0.29, 0.717) is 5.56 Å². The molecule has 134 valence electrons. The zero-order valence-corrected chi connectivity index (χ0v) is 15.1. The van der Waals surface area contributed by atoms with Crippen LogP contribution in [0.1, 0.15) is 35.3 Å². The fraction of sp³-hybridized carbons (Fsp3) is 0.286. The number of hydrogen-bond donors (Lipinski definition) is 0. The second-order valence-electron chi connectivity index (χ2n) is 6.96. The van der Waals surface area contributed by atoms with Crippen molar-refractivity contribution in [3.05, 3.63) is 65.2 Å². The highest BCUT2D eigenvalue weighted by Gasteiger charge is 2.32. The molecule has 3 rings (SSSR count). The Bertz CT molecular complexity index is 871. The monoisotopic (exact) mass is 351 g/mol. The number of likely N-dealkylation sites (N-methyl/N-ethyl adjacent to an activating group) is 1. The molecular formula is C21H21NO4. The van der Waals surface area contributed by atoms with Crippen molar-refractivity contribution in [1.82, 2.24) is 0 Å². The van der Waals surface area contributed by atoms with Crippen LogP contribution in [0.4, 0.5) is 5.69 Å². The van der Waals surface area contributed by atoms with Crippen molar-refractivity contribution in [1.29, 1.82) is 0 Å². The highest BCUT2D eigenvalue weighted by Crippen LogP contribution is 2.29. The maximum absolute atomic E-state index is 12.4. The van der Waals surface area contributed by atoms with Gasteiger partial charge in [0.2, 0.25) is 5.91 Å². The average Bonchev–Trinajstić information content (AvgIpc) is 2.93. The van der Waals surface area contributed by atoms with Gasteiger partial charge in [0.25, 0.3) is 0 Å². The van der Waals surface area contributed by atoms with Crippen molar-refractivity contribution >= 4 is 23.3 Å². The van der Waals surface area contributed by atoms with Gasteiger partial charge in [-0.1, -0.05) is 30.3 Å². The third-order valence-electron chi connectivity index (χ3n) is 4.82. The number of anilines is 1. The number of carbonyl (C=O) groups excluding carboxylic acids is 3. The fourth-order valence-electron chi connectivity index (χ4n) is 3.01. The number of amides is 1. The summed E-state index contributed by atoms with van der Waals surface area (Å²) in [5.74, 6) is -0.735. The molecule has 0 unspecified atom stereocenters. The molecule has 0 aliphatic carbocycles. The second-order valence-corrected chi connectivity index (χ2v) is 6.96. The fourth-order valence-corrected chi connectivity index (χ4v) is 3.01. The second kappa shape index (κ2) is 6.75. The Balaban J connectivity index is 1.67. The molecule has 0 radical (unpaired) electrons. The van der Waals surface area contributed by atoms with Crippen molar-refractivity contribution in [2.75, 3.05) is 18.6 Å². The van der Waals surface area contributed by atoms with Crippen LogP contribution in [0.3, 0.4) is 0 Å². The van der Waals surface area contributed by atoms with E-state index in [1.54, 1.807) is 44.0 Å². The Morgan fingerprint density at radius 1 is 1.12 bits per heavy atom. The third-order valence-corrected chi connectivity index (χ3v) is 4.82. The molecule has 0 fully saturated rings. The minimum atomic E-state index is -0.839. The van der Waals surface area contributed by atoms with Crippen LogP contribution in [0, 0.1) is 0 Å². The maximum Gasteiger partial charge on any atom is 0.316 e. The number of benzene rings is 2. The Labute approximate surface area is 152 Å². The topological polar surface area (TPSA) is 63.7 Å². The normalized spacial score (nSPS) is 13.5. The summed E-state index contributed by atoms with van der Waals surface area (Å²) in [5.41, 5.74) is 2.07. The van der Waals surface area contributed by atoms with Crippen molar-refractivity contribution in [3.8, 4) is 0 Å². The average molecular weight is 351 g/mol. The Hall–Kier alpha value is -2.95. The molecule has 1 aliphatic heterocycles. The predicted molar refractivity (Wildman–Crippen MR) is 98.3 cm³/mol. The van der Waals surface area contributed by atoms with Crippen LogP contribution in [0.2, 0.25) is 0 Å². The van der Waals surface area contributed by atoms with Gasteiger partial charge in [0, 0.05) is 18.3 Å². The number of ether oxygens (including phenoxy) is 1. The lowest BCUT2D eigenvalue weighted by atomic mass is 9.85. The Kier molecular flexibility index (Phi) is 4.64. The molecule has 26 heavy (non-hydrogen) atoms. The lowest BCUT2D eigenvalue weighted by Crippen LogP contribution is -2.32. The number of ketones is 1. The number of Topliss-reactive ketones (excluding diaryl/α,β-unsaturated/α-hetero) is 1. The maximum atomic E-state index is 12.4. The number of rotatable bonds is 5. The molecule has 2 aromatic carbocycles. The van der Waals surface area contributed by atoms with Crippen LogP contribution in [0.5, 0.6) is 0 Å². The van der Waals surface area contributed by atoms with E-state index in [-0.39, 0.29) is 24.7 Å². The van der Waals surface area contributed by atoms with E-state index >= 15 is 0 Å². The van der Waals surface area contributed by atoms with Gasteiger partial charge in [0.15, 0.2) is 12.4 Å². The van der Waals surface area contributed by atoms with Gasteiger partial charge in [-0.2, -0.15) is 0 Å². The molecule has 1 amide bonds. The molecule has 0 aromatic heterocycles. The van der Waals surface area contributed by atoms with E-state index in [0.717, 1.165) is 16.8 Å². The quantitative estimate of drug-likeness (QED) is 0.614. The predicted octanol–water partition coefficient (Wildman–Crippen LogP) is 2.91. The molecule has 0 bridgehead atoms. The zero-order valence-electron chi connectivity index (χ0n) is 15.1. The van der Waals surface area contributed by atoms with E-state index < -0.39 is 11.4 Å². The molecule has 1 heterocycles. The minimum absolute atomic E-state index is 0.000590. The number of esters is 1. The van der Waals surface area contributed by atoms with Crippen LogP contribution < -0.4 is 4.90 Å². The molecule has 0 spiro atoms. The largest absolute Gasteiger partial charge is 0.457 e. The summed E-state index contributed by atoms with van der Waals surface area (Å²) in [6, 6.07) is 14.4. The van der Waals surface area contributed by atoms with Gasteiger partial charge in [-0.15, -0.1) is 0 Å². The first kappa shape index (κ1) is 17.9. The van der Waals surface area contributed by atoms with Gasteiger partial charge in [-0.3, -0.25) is 14.4 Å². The SMILES string of the molecule is CN1C(=O)Cc2cc(C(=O)COC(=O)C(C)(C)c3ccccc3)ccc21. The zero-order chi connectivity index (χ0) is 18.9. The summed E-state index contributed by atoms with van der Waals surface area (Å²) in [4.78, 5) is 38.2. The van der Waals surface area contributed by atoms with Crippen molar-refractivity contribution in [2.24, 2.45) is 0 Å². The molecule has 0 N–H and O–H groups in total. The van der Waals surface area contributed by atoms with E-state index in [1.165, 1.54) is 0 Å². The van der Waals surface area contributed by atoms with Crippen molar-refractivity contribution in [3.63, 3.8) is 0 Å². The number of carbonyl (C=O) groups is 3. The van der Waals surface area contributed by atoms with Crippen LogP contribution >= 0.6 is 0 Å². The van der Waals surface area contributed by atoms with Crippen molar-refractivity contribution in [2.45, 2.75) is 25.7 Å². The summed E-state index contributed by atoms with van der Waals surface area (Å²) < 4.78 is 5.27. The third kappa shape index (κ3) is 3.25. The Morgan fingerprint density at radius 3 is 2.50 bits per heavy atom. The van der Waals surface area contributed by atoms with Gasteiger partial charge >= 0.3 is 5.97 Å². The molecular weight excluding hydrogens is 330 g/mol. The first-order chi connectivity index (χ1) is 12.3. The van der Waals surface area contributed by atoms with E-state index in [2.05, 4.69) is 0 Å². The van der Waals surface area contributed by atoms with E-state index in [4.69, 9.17) is 4.74 Å². The molecule has 5 nitrogen and oxygen atoms in total. The molecule has 5 heteroatoms. The first-order valence-corrected chi connectivity index (χ1v) is 8.46. The standard InChI is InChI=1S/C21H21NO4/c1-21(2,16-7-5-4-6-8-16)20(25)26-13-18(23)14-9-10-17-15(11-14)12-19(24)22(17)3/h4-11H,12-13H2,1-3H3. The van der Waals surface area contributed by atoms with Crippen LogP contribution in [-0.4, -0.2) is 31.3 Å². The highest BCUT2D eigenvalue weighted by molar-refractivity contribution is 6.04. The summed E-state index contributed by atoms with van der Waals surface area (Å²) in [7, 11) is 1.71. The highest BCUT2D eigenvalue weighted by atomic mass is 16.5. The summed E-state index contributed by atoms with van der Waals surface area (Å²) >= 11 is 0. The summed E-state index contributed by atoms with van der Waals surface area (Å²) in [5, 5.41) is 0. The van der Waals surface area contributed by atoms with E-state index in [1.807, 2.05) is 30.3 Å². The minimum Gasteiger partial charge on any atom is -0.457 e. The Morgan fingerprint density at radius 2 is 1.81 bits per heavy atom. The lowest BCUT2D eigenvalue weighted by Gasteiger charge is -2.22. The van der Waals surface area contributed by atoms with Gasteiger partial charge in [-0.05, 0) is 43.2 Å². The number of nitrogens with zero attached hydrogens (tertiary/aromatic N) is 1. The molecule has 2 aromatic rings. The van der Waals surface area contributed by atoms with Gasteiger partial charge in [0.1, 0.15) is 0 Å². The van der Waals surface area contributed by atoms with Crippen LogP contribution in [-0.2, 0) is 26.2 Å². The molecule has 0 atom stereocenters. The van der Waals surface area contributed by atoms with Gasteiger partial charge in [0.05, 0.1) is 11.8 Å². The number of hydrogen-bond acceptors (Lipinski definition) is 4. The molecule has 0 saturated carbocycles. The lowest BCUT2D eigenvalue weighted by molar-refractivity contribution is -0.148. The smallest absolute Gasteiger partial charge is 0.316 e. The number of fused-ring (bicyclic) bond motifs is 1. The molecule has 0 saturated heterocycles. The summed E-state index contributed by atoms with van der Waals surface area (Å²) in [6.45, 7) is 3.22. The molecule has 1 aliphatic rings.